The summed E-state index contributed by atoms with van der Waals surface area (Å²) in [6, 6.07) is 10.8. The Morgan fingerprint density at radius 1 is 1.29 bits per heavy atom. The largest absolute Gasteiger partial charge is 0.330 e. The molecule has 0 spiro atoms. The molecule has 0 aliphatic rings. The fourth-order valence-corrected chi connectivity index (χ4v) is 1.95. The van der Waals surface area contributed by atoms with Gasteiger partial charge in [-0.25, -0.2) is 0 Å². The van der Waals surface area contributed by atoms with Crippen LogP contribution in [-0.4, -0.2) is 17.6 Å². The van der Waals surface area contributed by atoms with E-state index in [0.717, 1.165) is 25.0 Å². The van der Waals surface area contributed by atoms with Gasteiger partial charge in [0.15, 0.2) is 0 Å². The van der Waals surface area contributed by atoms with Crippen molar-refractivity contribution in [2.45, 2.75) is 25.9 Å². The molecule has 1 heterocycles. The van der Waals surface area contributed by atoms with E-state index in [-0.39, 0.29) is 0 Å². The number of hydrogen-bond donors (Lipinski definition) is 2. The maximum atomic E-state index is 5.54. The number of nitrogens with two attached hydrogens (primary N) is 1. The number of nitrogens with zero attached hydrogens (tertiary/aromatic N) is 1. The van der Waals surface area contributed by atoms with Crippen LogP contribution in [-0.2, 0) is 6.54 Å². The first-order valence-electron chi connectivity index (χ1n) is 6.07. The van der Waals surface area contributed by atoms with Gasteiger partial charge >= 0.3 is 0 Å². The zero-order valence-electron chi connectivity index (χ0n) is 10.2. The third-order valence-corrected chi connectivity index (χ3v) is 2.98. The predicted molar refractivity (Wildman–Crippen MR) is 71.7 cm³/mol. The van der Waals surface area contributed by atoms with Crippen LogP contribution in [0.5, 0.6) is 0 Å². The fourth-order valence-electron chi connectivity index (χ4n) is 1.95. The summed E-state index contributed by atoms with van der Waals surface area (Å²) in [4.78, 5) is 4.36. The normalized spacial score (nSPS) is 12.8. The van der Waals surface area contributed by atoms with Crippen molar-refractivity contribution in [2.24, 2.45) is 5.73 Å². The lowest BCUT2D eigenvalue weighted by Gasteiger charge is -2.13. The number of aromatic nitrogens is 1. The zero-order valence-corrected chi connectivity index (χ0v) is 10.2. The maximum Gasteiger partial charge on any atom is 0.0705 e. The summed E-state index contributed by atoms with van der Waals surface area (Å²) in [6.07, 6.45) is 2.87. The minimum atomic E-state index is 0.451. The van der Waals surface area contributed by atoms with Crippen LogP contribution < -0.4 is 11.1 Å². The second-order valence-electron chi connectivity index (χ2n) is 4.35. The van der Waals surface area contributed by atoms with Crippen molar-refractivity contribution >= 4 is 10.9 Å². The van der Waals surface area contributed by atoms with Gasteiger partial charge in [-0.3, -0.25) is 4.98 Å². The predicted octanol–water partition coefficient (Wildman–Crippen LogP) is 2.06. The average Bonchev–Trinajstić information content (AvgIpc) is 2.36. The molecule has 90 valence electrons. The molecule has 0 aliphatic carbocycles. The van der Waals surface area contributed by atoms with Gasteiger partial charge in [0.25, 0.3) is 0 Å². The van der Waals surface area contributed by atoms with E-state index in [9.17, 15) is 0 Å². The lowest BCUT2D eigenvalue weighted by molar-refractivity contribution is 0.521. The van der Waals surface area contributed by atoms with E-state index < -0.39 is 0 Å². The molecule has 1 unspecified atom stereocenters. The molecule has 3 heteroatoms. The molecule has 0 saturated carbocycles. The number of benzene rings is 1. The molecular formula is C14H19N3. The second kappa shape index (κ2) is 5.75. The highest BCUT2D eigenvalue weighted by Crippen LogP contribution is 2.15. The highest BCUT2D eigenvalue weighted by atomic mass is 14.9. The molecule has 2 rings (SSSR count). The van der Waals surface area contributed by atoms with Gasteiger partial charge in [0.05, 0.1) is 5.52 Å². The van der Waals surface area contributed by atoms with Gasteiger partial charge in [0, 0.05) is 24.2 Å². The van der Waals surface area contributed by atoms with Crippen LogP contribution >= 0.6 is 0 Å². The quantitative estimate of drug-likeness (QED) is 0.825. The van der Waals surface area contributed by atoms with E-state index >= 15 is 0 Å². The monoisotopic (exact) mass is 229 g/mol. The van der Waals surface area contributed by atoms with Crippen LogP contribution in [0.15, 0.2) is 36.5 Å². The van der Waals surface area contributed by atoms with Crippen molar-refractivity contribution < 1.29 is 0 Å². The van der Waals surface area contributed by atoms with Gasteiger partial charge in [-0.05, 0) is 37.6 Å². The number of hydrogen-bond acceptors (Lipinski definition) is 3. The smallest absolute Gasteiger partial charge is 0.0705 e. The highest BCUT2D eigenvalue weighted by molar-refractivity contribution is 5.81. The van der Waals surface area contributed by atoms with Crippen LogP contribution in [0.4, 0.5) is 0 Å². The number of pyridine rings is 1. The van der Waals surface area contributed by atoms with Crippen molar-refractivity contribution in [3.05, 3.63) is 42.1 Å². The van der Waals surface area contributed by atoms with E-state index in [1.54, 1.807) is 0 Å². The van der Waals surface area contributed by atoms with E-state index in [1.807, 2.05) is 18.3 Å². The Morgan fingerprint density at radius 2 is 2.12 bits per heavy atom. The molecule has 17 heavy (non-hydrogen) atoms. The van der Waals surface area contributed by atoms with Crippen molar-refractivity contribution in [3.63, 3.8) is 0 Å². The summed E-state index contributed by atoms with van der Waals surface area (Å²) in [5, 5.41) is 4.71. The molecule has 0 saturated heterocycles. The van der Waals surface area contributed by atoms with Gasteiger partial charge in [-0.1, -0.05) is 18.2 Å². The summed E-state index contributed by atoms with van der Waals surface area (Å²) in [5.74, 6) is 0. The Hall–Kier alpha value is -1.45. The van der Waals surface area contributed by atoms with Gasteiger partial charge in [-0.2, -0.15) is 0 Å². The van der Waals surface area contributed by atoms with E-state index in [1.165, 1.54) is 10.9 Å². The molecule has 0 fully saturated rings. The molecule has 1 aromatic heterocycles. The maximum absolute atomic E-state index is 5.54. The van der Waals surface area contributed by atoms with Gasteiger partial charge in [0.2, 0.25) is 0 Å². The van der Waals surface area contributed by atoms with Crippen LogP contribution in [0.3, 0.4) is 0 Å². The fraction of sp³-hybridized carbons (Fsp3) is 0.357. The Balaban J connectivity index is 2.13. The third kappa shape index (κ3) is 3.02. The minimum absolute atomic E-state index is 0.451. The number of rotatable bonds is 5. The summed E-state index contributed by atoms with van der Waals surface area (Å²) >= 11 is 0. The summed E-state index contributed by atoms with van der Waals surface area (Å²) in [7, 11) is 0. The molecule has 1 atom stereocenters. The molecular weight excluding hydrogens is 210 g/mol. The lowest BCUT2D eigenvalue weighted by atomic mass is 10.1. The molecule has 0 bridgehead atoms. The highest BCUT2D eigenvalue weighted by Gasteiger charge is 2.03. The Kier molecular flexibility index (Phi) is 4.07. The van der Waals surface area contributed by atoms with Crippen LogP contribution in [0.25, 0.3) is 10.9 Å². The molecule has 2 aromatic rings. The Labute approximate surface area is 102 Å². The van der Waals surface area contributed by atoms with Gasteiger partial charge in [0.1, 0.15) is 0 Å². The molecule has 1 aromatic carbocycles. The van der Waals surface area contributed by atoms with Crippen molar-refractivity contribution in [3.8, 4) is 0 Å². The van der Waals surface area contributed by atoms with E-state index in [2.05, 4.69) is 35.4 Å². The van der Waals surface area contributed by atoms with E-state index in [0.29, 0.717) is 6.04 Å². The number of nitrogens with one attached hydrogen (secondary N) is 1. The topological polar surface area (TPSA) is 50.9 Å². The number of para-hydroxylation sites is 1. The third-order valence-electron chi connectivity index (χ3n) is 2.98. The summed E-state index contributed by atoms with van der Waals surface area (Å²) in [5.41, 5.74) is 7.88. The van der Waals surface area contributed by atoms with Crippen LogP contribution in [0, 0.1) is 0 Å². The van der Waals surface area contributed by atoms with E-state index in [4.69, 9.17) is 5.73 Å². The summed E-state index contributed by atoms with van der Waals surface area (Å²) in [6.45, 7) is 3.76. The first-order valence-corrected chi connectivity index (χ1v) is 6.07. The van der Waals surface area contributed by atoms with Crippen molar-refractivity contribution in [2.75, 3.05) is 6.54 Å². The molecule has 0 aliphatic heterocycles. The zero-order chi connectivity index (χ0) is 12.1. The molecule has 0 radical (unpaired) electrons. The minimum Gasteiger partial charge on any atom is -0.330 e. The number of fused-ring (bicyclic) bond motifs is 1. The Bertz CT molecular complexity index is 476. The molecule has 3 nitrogen and oxygen atoms in total. The van der Waals surface area contributed by atoms with Crippen molar-refractivity contribution in [1.29, 1.82) is 0 Å². The van der Waals surface area contributed by atoms with Crippen molar-refractivity contribution in [1.82, 2.24) is 10.3 Å². The van der Waals surface area contributed by atoms with Crippen LogP contribution in [0.1, 0.15) is 18.9 Å². The molecule has 3 N–H and O–H groups in total. The van der Waals surface area contributed by atoms with Gasteiger partial charge < -0.3 is 11.1 Å². The molecule has 0 amide bonds. The standard InChI is InChI=1S/C14H19N3/c1-11(6-8-15)17-10-12-7-9-16-14-5-3-2-4-13(12)14/h2-5,7,9,11,17H,6,8,10,15H2,1H3. The lowest BCUT2D eigenvalue weighted by Crippen LogP contribution is -2.27. The summed E-state index contributed by atoms with van der Waals surface area (Å²) < 4.78 is 0. The Morgan fingerprint density at radius 3 is 2.94 bits per heavy atom. The SMILES string of the molecule is CC(CCN)NCc1ccnc2ccccc12. The van der Waals surface area contributed by atoms with Gasteiger partial charge in [-0.15, -0.1) is 0 Å². The second-order valence-corrected chi connectivity index (χ2v) is 4.35. The first kappa shape index (κ1) is 12.0. The van der Waals surface area contributed by atoms with Crippen LogP contribution in [0.2, 0.25) is 0 Å². The average molecular weight is 229 g/mol. The first-order chi connectivity index (χ1) is 8.31.